The third-order valence-electron chi connectivity index (χ3n) is 3.40. The van der Waals surface area contributed by atoms with E-state index in [1.165, 1.54) is 6.07 Å². The van der Waals surface area contributed by atoms with E-state index in [4.69, 9.17) is 10.5 Å². The van der Waals surface area contributed by atoms with Crippen molar-refractivity contribution < 1.29 is 14.6 Å². The minimum absolute atomic E-state index is 0.0608. The molecule has 4 nitrogen and oxygen atoms in total. The predicted molar refractivity (Wildman–Crippen MR) is 88.9 cm³/mol. The Morgan fingerprint density at radius 2 is 1.61 bits per heavy atom. The monoisotopic (exact) mass is 305 g/mol. The molecular weight excluding hydrogens is 290 g/mol. The van der Waals surface area contributed by atoms with E-state index in [0.717, 1.165) is 0 Å². The number of phenols is 1. The fourth-order valence-electron chi connectivity index (χ4n) is 2.20. The maximum absolute atomic E-state index is 12.6. The molecule has 0 aliphatic carbocycles. The lowest BCUT2D eigenvalue weighted by Crippen LogP contribution is -2.03. The van der Waals surface area contributed by atoms with E-state index >= 15 is 0 Å². The predicted octanol–water partition coefficient (Wildman–Crippen LogP) is 4.00. The lowest BCUT2D eigenvalue weighted by molar-refractivity contribution is 0.103. The SMILES string of the molecule is Nc1ccc(Oc2ccccc2C(=O)c2ccccc2)cc1O. The Balaban J connectivity index is 1.95. The summed E-state index contributed by atoms with van der Waals surface area (Å²) in [4.78, 5) is 12.6. The highest BCUT2D eigenvalue weighted by Gasteiger charge is 2.14. The van der Waals surface area contributed by atoms with Crippen LogP contribution in [0.2, 0.25) is 0 Å². The van der Waals surface area contributed by atoms with Crippen molar-refractivity contribution >= 4 is 11.5 Å². The molecule has 0 saturated heterocycles. The van der Waals surface area contributed by atoms with Crippen LogP contribution in [-0.4, -0.2) is 10.9 Å². The average Bonchev–Trinajstić information content (AvgIpc) is 2.59. The zero-order valence-electron chi connectivity index (χ0n) is 12.3. The van der Waals surface area contributed by atoms with E-state index in [9.17, 15) is 9.90 Å². The van der Waals surface area contributed by atoms with Crippen molar-refractivity contribution in [3.05, 3.63) is 83.9 Å². The summed E-state index contributed by atoms with van der Waals surface area (Å²) in [6.07, 6.45) is 0. The molecule has 0 amide bonds. The first-order valence-electron chi connectivity index (χ1n) is 7.10. The number of nitrogens with two attached hydrogens (primary N) is 1. The van der Waals surface area contributed by atoms with Gasteiger partial charge in [0.25, 0.3) is 0 Å². The van der Waals surface area contributed by atoms with Gasteiger partial charge in [-0.1, -0.05) is 42.5 Å². The van der Waals surface area contributed by atoms with E-state index in [1.807, 2.05) is 18.2 Å². The van der Waals surface area contributed by atoms with Gasteiger partial charge in [-0.2, -0.15) is 0 Å². The van der Waals surface area contributed by atoms with Crippen LogP contribution < -0.4 is 10.5 Å². The number of ketones is 1. The molecule has 0 unspecified atom stereocenters. The zero-order valence-corrected chi connectivity index (χ0v) is 12.3. The van der Waals surface area contributed by atoms with E-state index < -0.39 is 0 Å². The van der Waals surface area contributed by atoms with Gasteiger partial charge >= 0.3 is 0 Å². The van der Waals surface area contributed by atoms with Crippen LogP contribution in [0, 0.1) is 0 Å². The van der Waals surface area contributed by atoms with Gasteiger partial charge in [0.05, 0.1) is 11.3 Å². The smallest absolute Gasteiger partial charge is 0.196 e. The second-order valence-corrected chi connectivity index (χ2v) is 5.01. The summed E-state index contributed by atoms with van der Waals surface area (Å²) in [5, 5.41) is 9.66. The van der Waals surface area contributed by atoms with Gasteiger partial charge in [-0.25, -0.2) is 0 Å². The van der Waals surface area contributed by atoms with Crippen LogP contribution in [-0.2, 0) is 0 Å². The van der Waals surface area contributed by atoms with Gasteiger partial charge in [0.15, 0.2) is 5.78 Å². The van der Waals surface area contributed by atoms with Crippen LogP contribution in [0.1, 0.15) is 15.9 Å². The normalized spacial score (nSPS) is 10.3. The molecule has 0 spiro atoms. The van der Waals surface area contributed by atoms with Gasteiger partial charge in [-0.15, -0.1) is 0 Å². The Morgan fingerprint density at radius 1 is 0.913 bits per heavy atom. The fraction of sp³-hybridized carbons (Fsp3) is 0. The van der Waals surface area contributed by atoms with Crippen molar-refractivity contribution in [2.24, 2.45) is 0 Å². The molecule has 0 aromatic heterocycles. The van der Waals surface area contributed by atoms with Gasteiger partial charge in [-0.3, -0.25) is 4.79 Å². The lowest BCUT2D eigenvalue weighted by atomic mass is 10.0. The molecule has 0 radical (unpaired) electrons. The van der Waals surface area contributed by atoms with Gasteiger partial charge in [0, 0.05) is 11.6 Å². The summed E-state index contributed by atoms with van der Waals surface area (Å²) in [5.41, 5.74) is 6.89. The molecule has 0 aliphatic heterocycles. The van der Waals surface area contributed by atoms with Gasteiger partial charge in [-0.05, 0) is 24.3 Å². The number of benzene rings is 3. The third kappa shape index (κ3) is 3.16. The van der Waals surface area contributed by atoms with E-state index in [1.54, 1.807) is 48.5 Å². The molecule has 23 heavy (non-hydrogen) atoms. The first kappa shape index (κ1) is 14.7. The van der Waals surface area contributed by atoms with E-state index in [0.29, 0.717) is 22.6 Å². The van der Waals surface area contributed by atoms with Crippen molar-refractivity contribution in [3.8, 4) is 17.2 Å². The van der Waals surface area contributed by atoms with Crippen LogP contribution in [0.15, 0.2) is 72.8 Å². The maximum atomic E-state index is 12.6. The molecule has 0 aliphatic rings. The average molecular weight is 305 g/mol. The number of para-hydroxylation sites is 1. The minimum Gasteiger partial charge on any atom is -0.506 e. The number of carbonyl (C=O) groups excluding carboxylic acids is 1. The van der Waals surface area contributed by atoms with Gasteiger partial charge in [0.2, 0.25) is 0 Å². The highest BCUT2D eigenvalue weighted by molar-refractivity contribution is 6.10. The van der Waals surface area contributed by atoms with Gasteiger partial charge in [0.1, 0.15) is 17.2 Å². The van der Waals surface area contributed by atoms with Crippen LogP contribution in [0.3, 0.4) is 0 Å². The quantitative estimate of drug-likeness (QED) is 0.434. The molecule has 0 bridgehead atoms. The number of carbonyl (C=O) groups is 1. The molecule has 114 valence electrons. The standard InChI is InChI=1S/C19H15NO3/c20-16-11-10-14(12-17(16)21)23-18-9-5-4-8-15(18)19(22)13-6-2-1-3-7-13/h1-12,21H,20H2. The first-order chi connectivity index (χ1) is 11.1. The number of hydrogen-bond acceptors (Lipinski definition) is 4. The summed E-state index contributed by atoms with van der Waals surface area (Å²) >= 11 is 0. The van der Waals surface area contributed by atoms with Crippen molar-refractivity contribution in [2.45, 2.75) is 0 Å². The summed E-state index contributed by atoms with van der Waals surface area (Å²) in [7, 11) is 0. The number of rotatable bonds is 4. The number of anilines is 1. The molecule has 0 atom stereocenters. The second kappa shape index (κ2) is 6.23. The van der Waals surface area contributed by atoms with Crippen molar-refractivity contribution in [3.63, 3.8) is 0 Å². The fourth-order valence-corrected chi connectivity index (χ4v) is 2.20. The molecule has 3 aromatic carbocycles. The molecule has 4 heteroatoms. The molecule has 0 saturated carbocycles. The van der Waals surface area contributed by atoms with Crippen LogP contribution in [0.25, 0.3) is 0 Å². The Morgan fingerprint density at radius 3 is 2.35 bits per heavy atom. The number of hydrogen-bond donors (Lipinski definition) is 2. The molecule has 3 rings (SSSR count). The molecule has 0 fully saturated rings. The van der Waals surface area contributed by atoms with Crippen LogP contribution in [0.5, 0.6) is 17.2 Å². The Labute approximate surface area is 133 Å². The number of ether oxygens (including phenoxy) is 1. The largest absolute Gasteiger partial charge is 0.506 e. The summed E-state index contributed by atoms with van der Waals surface area (Å²) in [6.45, 7) is 0. The van der Waals surface area contributed by atoms with Crippen molar-refractivity contribution in [1.29, 1.82) is 0 Å². The Hall–Kier alpha value is -3.27. The Bertz CT molecular complexity index is 844. The topological polar surface area (TPSA) is 72.5 Å². The summed E-state index contributed by atoms with van der Waals surface area (Å²) in [5.74, 6) is 0.644. The lowest BCUT2D eigenvalue weighted by Gasteiger charge is -2.11. The minimum atomic E-state index is -0.124. The highest BCUT2D eigenvalue weighted by Crippen LogP contribution is 2.31. The van der Waals surface area contributed by atoms with E-state index in [2.05, 4.69) is 0 Å². The van der Waals surface area contributed by atoms with Crippen LogP contribution >= 0.6 is 0 Å². The summed E-state index contributed by atoms with van der Waals surface area (Å²) in [6, 6.07) is 20.6. The number of aromatic hydroxyl groups is 1. The Kier molecular flexibility index (Phi) is 3.97. The molecule has 3 aromatic rings. The summed E-state index contributed by atoms with van der Waals surface area (Å²) < 4.78 is 5.75. The zero-order chi connectivity index (χ0) is 16.2. The van der Waals surface area contributed by atoms with Gasteiger partial charge < -0.3 is 15.6 Å². The molecular formula is C19H15NO3. The van der Waals surface area contributed by atoms with Crippen LogP contribution in [0.4, 0.5) is 5.69 Å². The molecule has 0 heterocycles. The second-order valence-electron chi connectivity index (χ2n) is 5.01. The highest BCUT2D eigenvalue weighted by atomic mass is 16.5. The van der Waals surface area contributed by atoms with E-state index in [-0.39, 0.29) is 17.2 Å². The van der Waals surface area contributed by atoms with Crippen molar-refractivity contribution in [1.82, 2.24) is 0 Å². The number of nitrogen functional groups attached to an aromatic ring is 1. The number of phenolic OH excluding ortho intramolecular Hbond substituents is 1. The third-order valence-corrected chi connectivity index (χ3v) is 3.40. The van der Waals surface area contributed by atoms with Crippen molar-refractivity contribution in [2.75, 3.05) is 5.73 Å². The molecule has 3 N–H and O–H groups in total. The maximum Gasteiger partial charge on any atom is 0.196 e. The first-order valence-corrected chi connectivity index (χ1v) is 7.10.